The number of benzene rings is 1. The van der Waals surface area contributed by atoms with Crippen molar-refractivity contribution in [1.82, 2.24) is 5.16 Å². The smallest absolute Gasteiger partial charge is 0.222 e. The molecular formula is C12H14N2O. The van der Waals surface area contributed by atoms with E-state index in [-0.39, 0.29) is 0 Å². The molecule has 1 aromatic carbocycles. The molecule has 1 heterocycles. The van der Waals surface area contributed by atoms with Gasteiger partial charge < -0.3 is 10.3 Å². The first-order valence-corrected chi connectivity index (χ1v) is 4.99. The van der Waals surface area contributed by atoms with Gasteiger partial charge in [0.1, 0.15) is 5.69 Å². The lowest BCUT2D eigenvalue weighted by atomic mass is 10.00. The zero-order valence-electron chi connectivity index (χ0n) is 8.90. The van der Waals surface area contributed by atoms with E-state index in [9.17, 15) is 0 Å². The highest BCUT2D eigenvalue weighted by Gasteiger charge is 2.06. The van der Waals surface area contributed by atoms with Crippen molar-refractivity contribution in [3.05, 3.63) is 35.9 Å². The van der Waals surface area contributed by atoms with Crippen LogP contribution in [0, 0.1) is 0 Å². The number of aromatic nitrogens is 1. The minimum Gasteiger partial charge on any atom is -0.368 e. The van der Waals surface area contributed by atoms with Crippen LogP contribution in [0.15, 0.2) is 34.9 Å². The molecule has 1 aromatic heterocycles. The highest BCUT2D eigenvalue weighted by atomic mass is 16.5. The van der Waals surface area contributed by atoms with E-state index in [2.05, 4.69) is 31.1 Å². The summed E-state index contributed by atoms with van der Waals surface area (Å²) in [6.45, 7) is 4.33. The Morgan fingerprint density at radius 3 is 2.67 bits per heavy atom. The Balaban J connectivity index is 2.41. The number of nitrogens with two attached hydrogens (primary N) is 1. The largest absolute Gasteiger partial charge is 0.368 e. The Bertz CT molecular complexity index is 460. The van der Waals surface area contributed by atoms with Crippen LogP contribution in [0.2, 0.25) is 0 Å². The standard InChI is InChI=1S/C12H14N2O/c1-8(2)9-4-3-5-10(6-9)11-7-12(13)15-14-11/h3-8H,13H2,1-2H3. The molecule has 0 spiro atoms. The maximum atomic E-state index is 5.48. The number of hydrogen-bond donors (Lipinski definition) is 1. The first kappa shape index (κ1) is 9.77. The van der Waals surface area contributed by atoms with E-state index in [0.29, 0.717) is 11.8 Å². The summed E-state index contributed by atoms with van der Waals surface area (Å²) in [7, 11) is 0. The third kappa shape index (κ3) is 2.01. The fourth-order valence-electron chi connectivity index (χ4n) is 1.48. The quantitative estimate of drug-likeness (QED) is 0.814. The van der Waals surface area contributed by atoms with E-state index in [0.717, 1.165) is 11.3 Å². The molecule has 0 unspecified atom stereocenters. The summed E-state index contributed by atoms with van der Waals surface area (Å²) in [5.41, 5.74) is 8.60. The van der Waals surface area contributed by atoms with Gasteiger partial charge >= 0.3 is 0 Å². The molecule has 0 aliphatic carbocycles. The Kier molecular flexibility index (Phi) is 2.46. The van der Waals surface area contributed by atoms with E-state index in [4.69, 9.17) is 10.3 Å². The first-order valence-electron chi connectivity index (χ1n) is 4.99. The van der Waals surface area contributed by atoms with Gasteiger partial charge in [0.25, 0.3) is 0 Å². The van der Waals surface area contributed by atoms with Crippen LogP contribution in [0.25, 0.3) is 11.3 Å². The predicted molar refractivity (Wildman–Crippen MR) is 60.4 cm³/mol. The molecule has 15 heavy (non-hydrogen) atoms. The average Bonchev–Trinajstić information content (AvgIpc) is 2.65. The van der Waals surface area contributed by atoms with Crippen LogP contribution < -0.4 is 5.73 Å². The number of rotatable bonds is 2. The summed E-state index contributed by atoms with van der Waals surface area (Å²) >= 11 is 0. The van der Waals surface area contributed by atoms with Crippen LogP contribution in [-0.2, 0) is 0 Å². The molecular weight excluding hydrogens is 188 g/mol. The van der Waals surface area contributed by atoms with Crippen molar-refractivity contribution in [2.75, 3.05) is 5.73 Å². The molecule has 0 amide bonds. The highest BCUT2D eigenvalue weighted by Crippen LogP contribution is 2.24. The normalized spacial score (nSPS) is 10.9. The topological polar surface area (TPSA) is 52.0 Å². The molecule has 0 bridgehead atoms. The molecule has 0 aliphatic rings. The Morgan fingerprint density at radius 2 is 2.07 bits per heavy atom. The number of nitrogens with zero attached hydrogens (tertiary/aromatic N) is 1. The zero-order valence-corrected chi connectivity index (χ0v) is 8.90. The van der Waals surface area contributed by atoms with Gasteiger partial charge in [-0.1, -0.05) is 37.2 Å². The van der Waals surface area contributed by atoms with Gasteiger partial charge in [-0.3, -0.25) is 0 Å². The molecule has 3 heteroatoms. The second-order valence-electron chi connectivity index (χ2n) is 3.89. The third-order valence-corrected chi connectivity index (χ3v) is 2.38. The molecule has 0 aliphatic heterocycles. The van der Waals surface area contributed by atoms with Crippen molar-refractivity contribution < 1.29 is 4.52 Å². The second-order valence-corrected chi connectivity index (χ2v) is 3.89. The van der Waals surface area contributed by atoms with E-state index < -0.39 is 0 Å². The monoisotopic (exact) mass is 202 g/mol. The SMILES string of the molecule is CC(C)c1cccc(-c2cc(N)on2)c1. The molecule has 0 saturated carbocycles. The van der Waals surface area contributed by atoms with Gasteiger partial charge in [0, 0.05) is 11.6 Å². The van der Waals surface area contributed by atoms with Crippen molar-refractivity contribution >= 4 is 5.88 Å². The summed E-state index contributed by atoms with van der Waals surface area (Å²) in [5.74, 6) is 0.856. The highest BCUT2D eigenvalue weighted by molar-refractivity contribution is 5.62. The van der Waals surface area contributed by atoms with Crippen LogP contribution in [0.3, 0.4) is 0 Å². The van der Waals surface area contributed by atoms with E-state index in [1.54, 1.807) is 6.07 Å². The summed E-state index contributed by atoms with van der Waals surface area (Å²) < 4.78 is 4.85. The van der Waals surface area contributed by atoms with Crippen molar-refractivity contribution in [1.29, 1.82) is 0 Å². The van der Waals surface area contributed by atoms with Crippen molar-refractivity contribution in [3.8, 4) is 11.3 Å². The van der Waals surface area contributed by atoms with Gasteiger partial charge in [-0.25, -0.2) is 0 Å². The zero-order chi connectivity index (χ0) is 10.8. The van der Waals surface area contributed by atoms with Crippen molar-refractivity contribution in [2.45, 2.75) is 19.8 Å². The lowest BCUT2D eigenvalue weighted by Crippen LogP contribution is -1.87. The number of anilines is 1. The lowest BCUT2D eigenvalue weighted by Gasteiger charge is -2.05. The summed E-state index contributed by atoms with van der Waals surface area (Å²) in [5, 5.41) is 3.89. The number of nitrogen functional groups attached to an aromatic ring is 1. The Morgan fingerprint density at radius 1 is 1.27 bits per heavy atom. The van der Waals surface area contributed by atoms with E-state index >= 15 is 0 Å². The molecule has 2 aromatic rings. The minimum absolute atomic E-state index is 0.347. The maximum Gasteiger partial charge on any atom is 0.222 e. The summed E-state index contributed by atoms with van der Waals surface area (Å²) in [6, 6.07) is 9.98. The van der Waals surface area contributed by atoms with Gasteiger partial charge in [0.2, 0.25) is 5.88 Å². The molecule has 78 valence electrons. The Hall–Kier alpha value is -1.77. The van der Waals surface area contributed by atoms with Gasteiger partial charge in [-0.2, -0.15) is 0 Å². The molecule has 0 fully saturated rings. The molecule has 2 N–H and O–H groups in total. The lowest BCUT2D eigenvalue weighted by molar-refractivity contribution is 0.439. The molecule has 0 radical (unpaired) electrons. The van der Waals surface area contributed by atoms with Crippen LogP contribution in [0.4, 0.5) is 5.88 Å². The molecule has 2 rings (SSSR count). The van der Waals surface area contributed by atoms with Gasteiger partial charge in [0.15, 0.2) is 0 Å². The Labute approximate surface area is 88.9 Å². The summed E-state index contributed by atoms with van der Waals surface area (Å²) in [4.78, 5) is 0. The van der Waals surface area contributed by atoms with E-state index in [1.807, 2.05) is 12.1 Å². The first-order chi connectivity index (χ1) is 7.16. The van der Waals surface area contributed by atoms with Crippen LogP contribution in [-0.4, -0.2) is 5.16 Å². The van der Waals surface area contributed by atoms with Crippen molar-refractivity contribution in [2.24, 2.45) is 0 Å². The fourth-order valence-corrected chi connectivity index (χ4v) is 1.48. The predicted octanol–water partition coefficient (Wildman–Crippen LogP) is 3.05. The third-order valence-electron chi connectivity index (χ3n) is 2.38. The fraction of sp³-hybridized carbons (Fsp3) is 0.250. The van der Waals surface area contributed by atoms with Crippen LogP contribution in [0.5, 0.6) is 0 Å². The molecule has 0 saturated heterocycles. The number of hydrogen-bond acceptors (Lipinski definition) is 3. The van der Waals surface area contributed by atoms with Crippen LogP contribution in [0.1, 0.15) is 25.3 Å². The molecule has 3 nitrogen and oxygen atoms in total. The second kappa shape index (κ2) is 3.77. The van der Waals surface area contributed by atoms with Crippen molar-refractivity contribution in [3.63, 3.8) is 0 Å². The van der Waals surface area contributed by atoms with Gasteiger partial charge in [-0.05, 0) is 17.5 Å². The van der Waals surface area contributed by atoms with Gasteiger partial charge in [0.05, 0.1) is 0 Å². The van der Waals surface area contributed by atoms with E-state index in [1.165, 1.54) is 5.56 Å². The average molecular weight is 202 g/mol. The minimum atomic E-state index is 0.347. The summed E-state index contributed by atoms with van der Waals surface area (Å²) in [6.07, 6.45) is 0. The van der Waals surface area contributed by atoms with Gasteiger partial charge in [-0.15, -0.1) is 0 Å². The molecule has 0 atom stereocenters. The van der Waals surface area contributed by atoms with Crippen LogP contribution >= 0.6 is 0 Å². The maximum absolute atomic E-state index is 5.48.